The average Bonchev–Trinajstić information content (AvgIpc) is 2.59. The van der Waals surface area contributed by atoms with Crippen molar-refractivity contribution in [2.75, 3.05) is 12.8 Å². The standard InChI is InChI=1S/C19H17ClN2O2/c1-11-18(15-9-12(21)7-8-14(15)19(23)24-2)16(10-20)13-5-3-4-6-17(13)22-11/h3-9H,10,21H2,1-2H3. The first kappa shape index (κ1) is 16.3. The summed E-state index contributed by atoms with van der Waals surface area (Å²) in [5.74, 6) is -0.118. The van der Waals surface area contributed by atoms with E-state index in [0.717, 1.165) is 27.7 Å². The molecule has 0 atom stereocenters. The van der Waals surface area contributed by atoms with Crippen molar-refractivity contribution in [1.82, 2.24) is 4.98 Å². The number of halogens is 1. The molecule has 0 saturated heterocycles. The number of hydrogen-bond donors (Lipinski definition) is 1. The summed E-state index contributed by atoms with van der Waals surface area (Å²) in [6.07, 6.45) is 0. The lowest BCUT2D eigenvalue weighted by atomic mass is 9.92. The zero-order valence-electron chi connectivity index (χ0n) is 13.5. The Labute approximate surface area is 145 Å². The smallest absolute Gasteiger partial charge is 0.338 e. The van der Waals surface area contributed by atoms with Crippen LogP contribution in [0.15, 0.2) is 42.5 Å². The summed E-state index contributed by atoms with van der Waals surface area (Å²) in [5.41, 5.74) is 11.1. The number of anilines is 1. The summed E-state index contributed by atoms with van der Waals surface area (Å²) in [6.45, 7) is 1.90. The molecule has 3 rings (SSSR count). The number of aryl methyl sites for hydroxylation is 1. The Kier molecular flexibility index (Phi) is 4.40. The molecule has 0 radical (unpaired) electrons. The van der Waals surface area contributed by atoms with E-state index in [1.165, 1.54) is 7.11 Å². The second kappa shape index (κ2) is 6.49. The molecule has 0 amide bonds. The number of alkyl halides is 1. The van der Waals surface area contributed by atoms with E-state index in [0.29, 0.717) is 22.7 Å². The number of fused-ring (bicyclic) bond motifs is 1. The lowest BCUT2D eigenvalue weighted by molar-refractivity contribution is 0.0601. The summed E-state index contributed by atoms with van der Waals surface area (Å²) in [7, 11) is 1.36. The van der Waals surface area contributed by atoms with Crippen LogP contribution in [0.3, 0.4) is 0 Å². The van der Waals surface area contributed by atoms with Crippen molar-refractivity contribution >= 4 is 34.2 Å². The number of esters is 1. The predicted octanol–water partition coefficient (Wildman–Crippen LogP) is 4.32. The zero-order valence-corrected chi connectivity index (χ0v) is 14.2. The third-order valence-corrected chi connectivity index (χ3v) is 4.30. The number of methoxy groups -OCH3 is 1. The summed E-state index contributed by atoms with van der Waals surface area (Å²) < 4.78 is 4.91. The quantitative estimate of drug-likeness (QED) is 0.438. The third-order valence-electron chi connectivity index (χ3n) is 4.03. The maximum Gasteiger partial charge on any atom is 0.338 e. The predicted molar refractivity (Wildman–Crippen MR) is 97.2 cm³/mol. The number of hydrogen-bond acceptors (Lipinski definition) is 4. The summed E-state index contributed by atoms with van der Waals surface area (Å²) >= 11 is 6.26. The molecule has 0 spiro atoms. The highest BCUT2D eigenvalue weighted by atomic mass is 35.5. The molecule has 4 nitrogen and oxygen atoms in total. The van der Waals surface area contributed by atoms with E-state index in [4.69, 9.17) is 22.1 Å². The first-order chi connectivity index (χ1) is 11.6. The Bertz CT molecular complexity index is 938. The van der Waals surface area contributed by atoms with Crippen LogP contribution in [0.25, 0.3) is 22.0 Å². The molecule has 3 aromatic rings. The second-order valence-electron chi connectivity index (χ2n) is 5.50. The van der Waals surface area contributed by atoms with E-state index in [1.54, 1.807) is 18.2 Å². The molecule has 0 aliphatic rings. The van der Waals surface area contributed by atoms with E-state index < -0.39 is 5.97 Å². The average molecular weight is 341 g/mol. The van der Waals surface area contributed by atoms with Crippen LogP contribution in [0.1, 0.15) is 21.6 Å². The topological polar surface area (TPSA) is 65.2 Å². The monoisotopic (exact) mass is 340 g/mol. The van der Waals surface area contributed by atoms with Gasteiger partial charge in [-0.25, -0.2) is 4.79 Å². The number of nitrogens with two attached hydrogens (primary N) is 1. The zero-order chi connectivity index (χ0) is 17.3. The second-order valence-corrected chi connectivity index (χ2v) is 5.77. The van der Waals surface area contributed by atoms with Crippen LogP contribution in [0, 0.1) is 6.92 Å². The number of para-hydroxylation sites is 1. The number of carbonyl (C=O) groups is 1. The SMILES string of the molecule is COC(=O)c1ccc(N)cc1-c1c(C)nc2ccccc2c1CCl. The van der Waals surface area contributed by atoms with E-state index in [9.17, 15) is 4.79 Å². The normalized spacial score (nSPS) is 10.8. The first-order valence-electron chi connectivity index (χ1n) is 7.49. The number of ether oxygens (including phenoxy) is 1. The molecule has 122 valence electrons. The van der Waals surface area contributed by atoms with Gasteiger partial charge in [0.1, 0.15) is 0 Å². The molecule has 0 bridgehead atoms. The fourth-order valence-corrected chi connectivity index (χ4v) is 3.25. The fourth-order valence-electron chi connectivity index (χ4n) is 2.97. The lowest BCUT2D eigenvalue weighted by Gasteiger charge is -2.17. The Balaban J connectivity index is 2.40. The highest BCUT2D eigenvalue weighted by molar-refractivity contribution is 6.19. The van der Waals surface area contributed by atoms with Crippen LogP contribution in [-0.4, -0.2) is 18.1 Å². The number of carbonyl (C=O) groups excluding carboxylic acids is 1. The van der Waals surface area contributed by atoms with Crippen LogP contribution in [0.2, 0.25) is 0 Å². The molecule has 1 aromatic heterocycles. The van der Waals surface area contributed by atoms with Gasteiger partial charge in [0.25, 0.3) is 0 Å². The molecule has 0 aliphatic carbocycles. The molecule has 1 heterocycles. The van der Waals surface area contributed by atoms with E-state index in [-0.39, 0.29) is 0 Å². The van der Waals surface area contributed by atoms with Crippen molar-refractivity contribution in [3.8, 4) is 11.1 Å². The van der Waals surface area contributed by atoms with Gasteiger partial charge >= 0.3 is 5.97 Å². The van der Waals surface area contributed by atoms with Crippen molar-refractivity contribution < 1.29 is 9.53 Å². The number of rotatable bonds is 3. The highest BCUT2D eigenvalue weighted by Crippen LogP contribution is 2.36. The molecule has 2 aromatic carbocycles. The van der Waals surface area contributed by atoms with E-state index in [2.05, 4.69) is 4.98 Å². The van der Waals surface area contributed by atoms with Gasteiger partial charge in [-0.2, -0.15) is 0 Å². The Morgan fingerprint density at radius 3 is 2.71 bits per heavy atom. The number of benzene rings is 2. The van der Waals surface area contributed by atoms with Crippen molar-refractivity contribution in [2.24, 2.45) is 0 Å². The first-order valence-corrected chi connectivity index (χ1v) is 8.02. The Morgan fingerprint density at radius 2 is 2.00 bits per heavy atom. The molecular weight excluding hydrogens is 324 g/mol. The summed E-state index contributed by atoms with van der Waals surface area (Å²) in [5, 5.41) is 0.964. The number of aromatic nitrogens is 1. The molecule has 0 unspecified atom stereocenters. The number of pyridine rings is 1. The minimum absolute atomic E-state index is 0.300. The summed E-state index contributed by atoms with van der Waals surface area (Å²) in [4.78, 5) is 16.8. The molecule has 0 aliphatic heterocycles. The van der Waals surface area contributed by atoms with Gasteiger partial charge in [0.2, 0.25) is 0 Å². The molecule has 5 heteroatoms. The Hall–Kier alpha value is -2.59. The number of nitrogens with zero attached hydrogens (tertiary/aromatic N) is 1. The van der Waals surface area contributed by atoms with Crippen molar-refractivity contribution in [2.45, 2.75) is 12.8 Å². The maximum absolute atomic E-state index is 12.2. The van der Waals surface area contributed by atoms with Crippen LogP contribution in [0.5, 0.6) is 0 Å². The summed E-state index contributed by atoms with van der Waals surface area (Å²) in [6, 6.07) is 12.9. The van der Waals surface area contributed by atoms with Gasteiger partial charge in [0, 0.05) is 33.8 Å². The van der Waals surface area contributed by atoms with Crippen molar-refractivity contribution in [3.05, 3.63) is 59.3 Å². The Morgan fingerprint density at radius 1 is 1.25 bits per heavy atom. The van der Waals surface area contributed by atoms with Gasteiger partial charge < -0.3 is 10.5 Å². The molecular formula is C19H17ClN2O2. The largest absolute Gasteiger partial charge is 0.465 e. The van der Waals surface area contributed by atoms with Gasteiger partial charge in [-0.05, 0) is 36.8 Å². The molecule has 2 N–H and O–H groups in total. The number of nitrogen functional groups attached to an aromatic ring is 1. The van der Waals surface area contributed by atoms with Crippen molar-refractivity contribution in [1.29, 1.82) is 0 Å². The van der Waals surface area contributed by atoms with E-state index >= 15 is 0 Å². The fraction of sp³-hybridized carbons (Fsp3) is 0.158. The van der Waals surface area contributed by atoms with Crippen LogP contribution >= 0.6 is 11.6 Å². The van der Waals surface area contributed by atoms with Crippen LogP contribution in [0.4, 0.5) is 5.69 Å². The lowest BCUT2D eigenvalue weighted by Crippen LogP contribution is -2.07. The van der Waals surface area contributed by atoms with Crippen molar-refractivity contribution in [3.63, 3.8) is 0 Å². The molecule has 0 saturated carbocycles. The third kappa shape index (κ3) is 2.69. The molecule has 0 fully saturated rings. The minimum Gasteiger partial charge on any atom is -0.465 e. The minimum atomic E-state index is -0.418. The van der Waals surface area contributed by atoms with Gasteiger partial charge in [-0.1, -0.05) is 18.2 Å². The van der Waals surface area contributed by atoms with Crippen LogP contribution in [-0.2, 0) is 10.6 Å². The van der Waals surface area contributed by atoms with Gasteiger partial charge in [0.15, 0.2) is 0 Å². The van der Waals surface area contributed by atoms with Gasteiger partial charge in [-0.3, -0.25) is 4.98 Å². The van der Waals surface area contributed by atoms with Gasteiger partial charge in [0.05, 0.1) is 18.2 Å². The van der Waals surface area contributed by atoms with Gasteiger partial charge in [-0.15, -0.1) is 11.6 Å². The molecule has 24 heavy (non-hydrogen) atoms. The maximum atomic E-state index is 12.2. The van der Waals surface area contributed by atoms with E-state index in [1.807, 2.05) is 31.2 Å². The van der Waals surface area contributed by atoms with Crippen LogP contribution < -0.4 is 5.73 Å². The highest BCUT2D eigenvalue weighted by Gasteiger charge is 2.20.